The van der Waals surface area contributed by atoms with E-state index in [2.05, 4.69) is 10.2 Å². The number of nitrogens with one attached hydrogen (secondary N) is 1. The Bertz CT molecular complexity index is 533. The SMILES string of the molecule is CCCS(=O)(=O)N1CCC[C@H]1C(=O)N[C@@H]1CCN(CC2CC2)C1. The van der Waals surface area contributed by atoms with Crippen LogP contribution in [0.3, 0.4) is 0 Å². The van der Waals surface area contributed by atoms with Gasteiger partial charge < -0.3 is 10.2 Å². The summed E-state index contributed by atoms with van der Waals surface area (Å²) in [5.74, 6) is 0.907. The molecule has 0 radical (unpaired) electrons. The van der Waals surface area contributed by atoms with E-state index in [4.69, 9.17) is 0 Å². The zero-order chi connectivity index (χ0) is 16.4. The van der Waals surface area contributed by atoms with Crippen LogP contribution in [0.5, 0.6) is 0 Å². The summed E-state index contributed by atoms with van der Waals surface area (Å²) in [7, 11) is -3.29. The zero-order valence-corrected chi connectivity index (χ0v) is 14.9. The summed E-state index contributed by atoms with van der Waals surface area (Å²) in [5, 5.41) is 3.10. The molecule has 2 aliphatic heterocycles. The number of amides is 1. The quantitative estimate of drug-likeness (QED) is 0.742. The number of hydrogen-bond donors (Lipinski definition) is 1. The van der Waals surface area contributed by atoms with E-state index in [0.717, 1.165) is 38.4 Å². The van der Waals surface area contributed by atoms with Crippen molar-refractivity contribution in [2.24, 2.45) is 5.92 Å². The molecule has 23 heavy (non-hydrogen) atoms. The lowest BCUT2D eigenvalue weighted by atomic mass is 10.2. The second-order valence-electron chi connectivity index (χ2n) is 7.28. The lowest BCUT2D eigenvalue weighted by Crippen LogP contribution is -2.49. The summed E-state index contributed by atoms with van der Waals surface area (Å²) >= 11 is 0. The highest BCUT2D eigenvalue weighted by molar-refractivity contribution is 7.89. The van der Waals surface area contributed by atoms with Crippen LogP contribution >= 0.6 is 0 Å². The predicted octanol–water partition coefficient (Wildman–Crippen LogP) is 0.791. The van der Waals surface area contributed by atoms with E-state index in [9.17, 15) is 13.2 Å². The molecule has 2 heterocycles. The Labute approximate surface area is 139 Å². The average molecular weight is 343 g/mol. The Morgan fingerprint density at radius 3 is 2.65 bits per heavy atom. The molecule has 3 rings (SSSR count). The molecular weight excluding hydrogens is 314 g/mol. The van der Waals surface area contributed by atoms with Gasteiger partial charge in [0.2, 0.25) is 15.9 Å². The molecule has 7 heteroatoms. The molecule has 132 valence electrons. The maximum Gasteiger partial charge on any atom is 0.238 e. The van der Waals surface area contributed by atoms with Gasteiger partial charge in [-0.25, -0.2) is 8.42 Å². The van der Waals surface area contributed by atoms with Crippen LogP contribution in [-0.4, -0.2) is 67.5 Å². The van der Waals surface area contributed by atoms with Crippen LogP contribution in [0.4, 0.5) is 0 Å². The summed E-state index contributed by atoms with van der Waals surface area (Å²) in [4.78, 5) is 15.0. The first-order valence-corrected chi connectivity index (χ1v) is 10.6. The molecule has 3 fully saturated rings. The lowest BCUT2D eigenvalue weighted by molar-refractivity contribution is -0.124. The summed E-state index contributed by atoms with van der Waals surface area (Å²) < 4.78 is 26.0. The maximum atomic E-state index is 12.6. The predicted molar refractivity (Wildman–Crippen MR) is 89.5 cm³/mol. The molecule has 1 aliphatic carbocycles. The minimum atomic E-state index is -3.29. The third-order valence-corrected chi connectivity index (χ3v) is 7.23. The summed E-state index contributed by atoms with van der Waals surface area (Å²) in [6.07, 6.45) is 5.69. The van der Waals surface area contributed by atoms with E-state index in [1.807, 2.05) is 6.92 Å². The molecule has 0 aromatic carbocycles. The maximum absolute atomic E-state index is 12.6. The number of hydrogen-bond acceptors (Lipinski definition) is 4. The highest BCUT2D eigenvalue weighted by atomic mass is 32.2. The van der Waals surface area contributed by atoms with Crippen LogP contribution in [0.2, 0.25) is 0 Å². The summed E-state index contributed by atoms with van der Waals surface area (Å²) in [6.45, 7) is 5.46. The Hall–Kier alpha value is -0.660. The fourth-order valence-corrected chi connectivity index (χ4v) is 5.54. The van der Waals surface area contributed by atoms with E-state index < -0.39 is 16.1 Å². The van der Waals surface area contributed by atoms with Crippen molar-refractivity contribution < 1.29 is 13.2 Å². The molecule has 2 saturated heterocycles. The fourth-order valence-electron chi connectivity index (χ4n) is 3.79. The van der Waals surface area contributed by atoms with Crippen LogP contribution in [0, 0.1) is 5.92 Å². The van der Waals surface area contributed by atoms with Crippen molar-refractivity contribution in [3.05, 3.63) is 0 Å². The molecule has 0 unspecified atom stereocenters. The molecule has 1 N–H and O–H groups in total. The van der Waals surface area contributed by atoms with Gasteiger partial charge in [-0.05, 0) is 44.4 Å². The number of carbonyl (C=O) groups is 1. The first kappa shape index (κ1) is 17.2. The number of sulfonamides is 1. The fraction of sp³-hybridized carbons (Fsp3) is 0.938. The van der Waals surface area contributed by atoms with Gasteiger partial charge >= 0.3 is 0 Å². The van der Waals surface area contributed by atoms with Crippen LogP contribution < -0.4 is 5.32 Å². The van der Waals surface area contributed by atoms with E-state index in [-0.39, 0.29) is 17.7 Å². The molecule has 1 saturated carbocycles. The zero-order valence-electron chi connectivity index (χ0n) is 14.0. The van der Waals surface area contributed by atoms with Gasteiger partial charge in [0.1, 0.15) is 6.04 Å². The van der Waals surface area contributed by atoms with Crippen molar-refractivity contribution in [3.63, 3.8) is 0 Å². The van der Waals surface area contributed by atoms with Crippen LogP contribution in [0.25, 0.3) is 0 Å². The molecular formula is C16H29N3O3S. The van der Waals surface area contributed by atoms with Crippen LogP contribution in [-0.2, 0) is 14.8 Å². The van der Waals surface area contributed by atoms with E-state index in [1.54, 1.807) is 0 Å². The molecule has 0 bridgehead atoms. The molecule has 0 aromatic rings. The van der Waals surface area contributed by atoms with Crippen LogP contribution in [0.1, 0.15) is 45.4 Å². The second-order valence-corrected chi connectivity index (χ2v) is 9.32. The smallest absolute Gasteiger partial charge is 0.238 e. The van der Waals surface area contributed by atoms with Gasteiger partial charge in [-0.2, -0.15) is 4.31 Å². The van der Waals surface area contributed by atoms with Crippen LogP contribution in [0.15, 0.2) is 0 Å². The Morgan fingerprint density at radius 1 is 1.17 bits per heavy atom. The van der Waals surface area contributed by atoms with Gasteiger partial charge in [0.15, 0.2) is 0 Å². The number of rotatable bonds is 7. The van der Waals surface area contributed by atoms with Crippen molar-refractivity contribution in [3.8, 4) is 0 Å². The monoisotopic (exact) mass is 343 g/mol. The molecule has 0 spiro atoms. The molecule has 1 amide bonds. The Balaban J connectivity index is 1.53. The number of carbonyl (C=O) groups excluding carboxylic acids is 1. The Kier molecular flexibility index (Phi) is 5.28. The lowest BCUT2D eigenvalue weighted by Gasteiger charge is -2.25. The van der Waals surface area contributed by atoms with E-state index >= 15 is 0 Å². The molecule has 3 aliphatic rings. The first-order valence-electron chi connectivity index (χ1n) is 9.02. The number of nitrogens with zero attached hydrogens (tertiary/aromatic N) is 2. The van der Waals surface area contributed by atoms with Crippen molar-refractivity contribution in [1.29, 1.82) is 0 Å². The molecule has 2 atom stereocenters. The Morgan fingerprint density at radius 2 is 1.96 bits per heavy atom. The van der Waals surface area contributed by atoms with Crippen molar-refractivity contribution in [1.82, 2.24) is 14.5 Å². The van der Waals surface area contributed by atoms with Gasteiger partial charge in [0.05, 0.1) is 5.75 Å². The topological polar surface area (TPSA) is 69.7 Å². The third-order valence-electron chi connectivity index (χ3n) is 5.16. The van der Waals surface area contributed by atoms with Gasteiger partial charge in [-0.15, -0.1) is 0 Å². The average Bonchev–Trinajstić information content (AvgIpc) is 3.00. The highest BCUT2D eigenvalue weighted by Gasteiger charge is 2.39. The normalized spacial score (nSPS) is 30.0. The molecule has 6 nitrogen and oxygen atoms in total. The van der Waals surface area contributed by atoms with E-state index in [1.165, 1.54) is 17.1 Å². The van der Waals surface area contributed by atoms with Gasteiger partial charge in [0.25, 0.3) is 0 Å². The summed E-state index contributed by atoms with van der Waals surface area (Å²) in [6, 6.07) is -0.318. The van der Waals surface area contributed by atoms with Crippen molar-refractivity contribution in [2.75, 3.05) is 31.9 Å². The summed E-state index contributed by atoms with van der Waals surface area (Å²) in [5.41, 5.74) is 0. The standard InChI is InChI=1S/C16H29N3O3S/c1-2-10-23(21,22)19-8-3-4-15(19)16(20)17-14-7-9-18(12-14)11-13-5-6-13/h13-15H,2-12H2,1H3,(H,17,20)/t14-,15+/m1/s1. The van der Waals surface area contributed by atoms with Gasteiger partial charge in [-0.1, -0.05) is 6.92 Å². The first-order chi connectivity index (χ1) is 11.0. The minimum Gasteiger partial charge on any atom is -0.351 e. The van der Waals surface area contributed by atoms with Gasteiger partial charge in [-0.3, -0.25) is 4.79 Å². The van der Waals surface area contributed by atoms with Crippen molar-refractivity contribution >= 4 is 15.9 Å². The highest BCUT2D eigenvalue weighted by Crippen LogP contribution is 2.30. The van der Waals surface area contributed by atoms with Crippen molar-refractivity contribution in [2.45, 2.75) is 57.5 Å². The van der Waals surface area contributed by atoms with E-state index in [0.29, 0.717) is 19.4 Å². The van der Waals surface area contributed by atoms with Gasteiger partial charge in [0, 0.05) is 32.2 Å². The third kappa shape index (κ3) is 4.25. The second kappa shape index (κ2) is 7.07. The molecule has 0 aromatic heterocycles. The minimum absolute atomic E-state index is 0.0968. The largest absolute Gasteiger partial charge is 0.351 e. The number of likely N-dealkylation sites (tertiary alicyclic amines) is 1.